The van der Waals surface area contributed by atoms with E-state index < -0.39 is 0 Å². The first-order chi connectivity index (χ1) is 4.36. The number of thioether (sulfide) groups is 1. The molecule has 2 rings (SSSR count). The predicted octanol–water partition coefficient (Wildman–Crippen LogP) is 1.03. The second-order valence-corrected chi connectivity index (χ2v) is 2.34. The first kappa shape index (κ1) is 4.80. The maximum atomic E-state index is 10.4. The first-order valence-corrected chi connectivity index (χ1v) is 2.97. The number of fused-ring (bicyclic) bond motifs is 1. The van der Waals surface area contributed by atoms with Crippen molar-refractivity contribution in [2.24, 2.45) is 20.4 Å². The van der Waals surface area contributed by atoms with E-state index in [9.17, 15) is 4.79 Å². The highest BCUT2D eigenvalue weighted by molar-refractivity contribution is 8.28. The normalized spacial score (nSPS) is 22.0. The van der Waals surface area contributed by atoms with Crippen LogP contribution in [0.5, 0.6) is 0 Å². The van der Waals surface area contributed by atoms with E-state index >= 15 is 0 Å². The Labute approximate surface area is 53.9 Å². The summed E-state index contributed by atoms with van der Waals surface area (Å²) in [6.07, 6.45) is 0. The molecule has 1 amide bonds. The summed E-state index contributed by atoms with van der Waals surface area (Å²) < 4.78 is 0. The summed E-state index contributed by atoms with van der Waals surface area (Å²) in [5, 5.41) is 10.6. The number of aliphatic imine (C=N–C) groups is 1. The van der Waals surface area contributed by atoms with Crippen LogP contribution in [0.3, 0.4) is 0 Å². The summed E-state index contributed by atoms with van der Waals surface area (Å²) in [4.78, 5) is 13.9. The molecule has 9 heavy (non-hydrogen) atoms. The summed E-state index contributed by atoms with van der Waals surface area (Å²) in [6.45, 7) is 0. The largest absolute Gasteiger partial charge is 0.313 e. The molecule has 0 aromatic rings. The Morgan fingerprint density at radius 3 is 3.11 bits per heavy atom. The number of carbonyl (C=O) groups is 1. The van der Waals surface area contributed by atoms with Gasteiger partial charge in [-0.2, -0.15) is 4.99 Å². The Kier molecular flexibility index (Phi) is 0.786. The van der Waals surface area contributed by atoms with Crippen molar-refractivity contribution in [2.45, 2.75) is 0 Å². The highest BCUT2D eigenvalue weighted by Crippen LogP contribution is 2.21. The number of hydrogen-bond donors (Lipinski definition) is 0. The Morgan fingerprint density at radius 1 is 1.44 bits per heavy atom. The molecule has 5 nitrogen and oxygen atoms in total. The van der Waals surface area contributed by atoms with Crippen molar-refractivity contribution >= 4 is 27.9 Å². The van der Waals surface area contributed by atoms with Crippen molar-refractivity contribution in [1.82, 2.24) is 0 Å². The van der Waals surface area contributed by atoms with Gasteiger partial charge in [0.1, 0.15) is 0 Å². The van der Waals surface area contributed by atoms with E-state index in [1.54, 1.807) is 0 Å². The van der Waals surface area contributed by atoms with E-state index in [2.05, 4.69) is 20.4 Å². The van der Waals surface area contributed by atoms with Crippen molar-refractivity contribution in [1.29, 1.82) is 0 Å². The van der Waals surface area contributed by atoms with Gasteiger partial charge in [0.25, 0.3) is 0 Å². The van der Waals surface area contributed by atoms with E-state index in [1.165, 1.54) is 0 Å². The minimum absolute atomic E-state index is 0.262. The highest BCUT2D eigenvalue weighted by atomic mass is 32.2. The van der Waals surface area contributed by atoms with Crippen LogP contribution >= 0.6 is 11.8 Å². The lowest BCUT2D eigenvalue weighted by atomic mass is 10.7. The molecule has 44 valence electrons. The Balaban J connectivity index is 2.51. The number of amidine groups is 1. The average Bonchev–Trinajstić information content (AvgIpc) is 2.22. The lowest BCUT2D eigenvalue weighted by Gasteiger charge is -1.75. The molecule has 0 saturated carbocycles. The third-order valence-corrected chi connectivity index (χ3v) is 1.57. The Morgan fingerprint density at radius 2 is 2.33 bits per heavy atom. The van der Waals surface area contributed by atoms with Gasteiger partial charge in [-0.3, -0.25) is 4.79 Å². The van der Waals surface area contributed by atoms with Crippen LogP contribution in [0.15, 0.2) is 20.4 Å². The fraction of sp³-hybridized carbons (Fsp3) is 0. The SMILES string of the molecule is O=C1N=C2N=NN=C2S1. The highest BCUT2D eigenvalue weighted by Gasteiger charge is 2.26. The molecule has 0 unspecified atom stereocenters. The lowest BCUT2D eigenvalue weighted by molar-refractivity contribution is 0.268. The monoisotopic (exact) mass is 140 g/mol. The van der Waals surface area contributed by atoms with Gasteiger partial charge < -0.3 is 0 Å². The van der Waals surface area contributed by atoms with Crippen molar-refractivity contribution < 1.29 is 4.79 Å². The minimum atomic E-state index is -0.262. The molecule has 0 fully saturated rings. The minimum Gasteiger partial charge on any atom is -0.259 e. The molecule has 2 aliphatic rings. The fourth-order valence-electron chi connectivity index (χ4n) is 0.521. The third-order valence-electron chi connectivity index (χ3n) is 0.847. The summed E-state index contributed by atoms with van der Waals surface area (Å²) in [5.41, 5.74) is 0. The topological polar surface area (TPSA) is 66.5 Å². The molecule has 0 aliphatic carbocycles. The molecule has 0 spiro atoms. The van der Waals surface area contributed by atoms with E-state index in [-0.39, 0.29) is 5.24 Å². The van der Waals surface area contributed by atoms with Crippen molar-refractivity contribution in [3.63, 3.8) is 0 Å². The molecule has 2 heterocycles. The van der Waals surface area contributed by atoms with Crippen LogP contribution in [0.25, 0.3) is 0 Å². The maximum absolute atomic E-state index is 10.4. The van der Waals surface area contributed by atoms with Crippen LogP contribution < -0.4 is 0 Å². The maximum Gasteiger partial charge on any atom is 0.313 e. The fourth-order valence-corrected chi connectivity index (χ4v) is 1.07. The number of carbonyl (C=O) groups excluding carboxylic acids is 1. The summed E-state index contributed by atoms with van der Waals surface area (Å²) in [7, 11) is 0. The molecule has 0 aromatic carbocycles. The predicted molar refractivity (Wildman–Crippen MR) is 32.7 cm³/mol. The van der Waals surface area contributed by atoms with Gasteiger partial charge in [0.2, 0.25) is 5.84 Å². The second kappa shape index (κ2) is 1.47. The van der Waals surface area contributed by atoms with E-state index in [0.717, 1.165) is 11.8 Å². The number of hydrogen-bond acceptors (Lipinski definition) is 5. The lowest BCUT2D eigenvalue weighted by Crippen LogP contribution is -1.94. The van der Waals surface area contributed by atoms with E-state index in [4.69, 9.17) is 0 Å². The zero-order valence-corrected chi connectivity index (χ0v) is 4.92. The standard InChI is InChI=1S/C3N4OS/c8-3-4-1-2(9-3)6-7-5-1. The quantitative estimate of drug-likeness (QED) is 0.504. The zero-order valence-electron chi connectivity index (χ0n) is 4.11. The Bertz CT molecular complexity index is 265. The smallest absolute Gasteiger partial charge is 0.259 e. The zero-order chi connectivity index (χ0) is 6.27. The van der Waals surface area contributed by atoms with Gasteiger partial charge in [-0.25, -0.2) is 0 Å². The van der Waals surface area contributed by atoms with Gasteiger partial charge >= 0.3 is 5.24 Å². The molecule has 0 saturated heterocycles. The number of rotatable bonds is 0. The number of amides is 1. The molecular formula is C3N4OS. The van der Waals surface area contributed by atoms with Crippen LogP contribution in [0.1, 0.15) is 0 Å². The molecule has 0 atom stereocenters. The van der Waals surface area contributed by atoms with Gasteiger partial charge in [0.05, 0.1) is 0 Å². The van der Waals surface area contributed by atoms with Crippen LogP contribution in [0, 0.1) is 0 Å². The summed E-state index contributed by atoms with van der Waals surface area (Å²) in [6, 6.07) is 0. The molecule has 6 heteroatoms. The average molecular weight is 140 g/mol. The second-order valence-electron chi connectivity index (χ2n) is 1.40. The van der Waals surface area contributed by atoms with Gasteiger partial charge in [-0.15, -0.1) is 10.2 Å². The molecule has 2 aliphatic heterocycles. The number of nitrogens with zero attached hydrogens (tertiary/aromatic N) is 4. The molecule has 0 N–H and O–H groups in total. The first-order valence-electron chi connectivity index (χ1n) is 2.16. The summed E-state index contributed by atoms with van der Waals surface area (Å²) in [5.74, 6) is 0.352. The molecule has 0 bridgehead atoms. The van der Waals surface area contributed by atoms with E-state index in [0.29, 0.717) is 10.9 Å². The van der Waals surface area contributed by atoms with Crippen LogP contribution in [0.2, 0.25) is 0 Å². The van der Waals surface area contributed by atoms with E-state index in [1.807, 2.05) is 0 Å². The molecule has 0 aromatic heterocycles. The molecular weight excluding hydrogens is 140 g/mol. The van der Waals surface area contributed by atoms with Crippen molar-refractivity contribution in [2.75, 3.05) is 0 Å². The van der Waals surface area contributed by atoms with Crippen LogP contribution in [-0.2, 0) is 0 Å². The molecule has 0 radical (unpaired) electrons. The van der Waals surface area contributed by atoms with Gasteiger partial charge in [-0.1, -0.05) is 0 Å². The van der Waals surface area contributed by atoms with Gasteiger partial charge in [0, 0.05) is 0 Å². The third kappa shape index (κ3) is 0.595. The van der Waals surface area contributed by atoms with Crippen LogP contribution in [-0.4, -0.2) is 16.1 Å². The van der Waals surface area contributed by atoms with Crippen LogP contribution in [0.4, 0.5) is 4.79 Å². The van der Waals surface area contributed by atoms with Crippen molar-refractivity contribution in [3.05, 3.63) is 0 Å². The van der Waals surface area contributed by atoms with Gasteiger partial charge in [-0.05, 0) is 17.0 Å². The summed E-state index contributed by atoms with van der Waals surface area (Å²) >= 11 is 0.956. The van der Waals surface area contributed by atoms with Crippen molar-refractivity contribution in [3.8, 4) is 0 Å². The Hall–Kier alpha value is -1.04. The van der Waals surface area contributed by atoms with Gasteiger partial charge in [0.15, 0.2) is 5.04 Å².